The Hall–Kier alpha value is -1.07. The molecule has 0 saturated carbocycles. The van der Waals surface area contributed by atoms with Gasteiger partial charge < -0.3 is 14.7 Å². The van der Waals surface area contributed by atoms with Crippen molar-refractivity contribution in [1.29, 1.82) is 0 Å². The fourth-order valence-corrected chi connectivity index (χ4v) is 2.41. The quantitative estimate of drug-likeness (QED) is 0.914. The van der Waals surface area contributed by atoms with Crippen molar-refractivity contribution in [2.75, 3.05) is 19.6 Å². The lowest BCUT2D eigenvalue weighted by Gasteiger charge is -2.32. The monoisotopic (exact) mass is 287 g/mol. The Morgan fingerprint density at radius 2 is 2.26 bits per heavy atom. The van der Waals surface area contributed by atoms with Crippen LogP contribution in [0.25, 0.3) is 0 Å². The van der Waals surface area contributed by atoms with Crippen LogP contribution in [0.5, 0.6) is 0 Å². The topological polar surface area (TPSA) is 58.4 Å². The third-order valence-electron chi connectivity index (χ3n) is 3.49. The van der Waals surface area contributed by atoms with Gasteiger partial charge in [0.25, 0.3) is 0 Å². The van der Waals surface area contributed by atoms with E-state index < -0.39 is 0 Å². The van der Waals surface area contributed by atoms with Crippen molar-refractivity contribution < 1.29 is 9.32 Å². The van der Waals surface area contributed by atoms with Crippen molar-refractivity contribution in [3.8, 4) is 0 Å². The van der Waals surface area contributed by atoms with Crippen LogP contribution in [-0.4, -0.2) is 41.6 Å². The molecule has 0 aliphatic carbocycles. The fraction of sp³-hybridized carbons (Fsp3) is 0.692. The number of carbonyl (C=O) groups is 1. The van der Waals surface area contributed by atoms with Crippen LogP contribution in [0.2, 0.25) is 0 Å². The van der Waals surface area contributed by atoms with Gasteiger partial charge in [0.1, 0.15) is 5.76 Å². The lowest BCUT2D eigenvalue weighted by atomic mass is 10.1. The first-order valence-electron chi connectivity index (χ1n) is 6.51. The van der Waals surface area contributed by atoms with E-state index in [2.05, 4.69) is 17.4 Å². The zero-order valence-electron chi connectivity index (χ0n) is 11.7. The molecule has 6 heteroatoms. The Morgan fingerprint density at radius 3 is 2.84 bits per heavy atom. The summed E-state index contributed by atoms with van der Waals surface area (Å²) in [5.41, 5.74) is 1.97. The van der Waals surface area contributed by atoms with Gasteiger partial charge in [0, 0.05) is 37.7 Å². The molecule has 1 atom stereocenters. The van der Waals surface area contributed by atoms with Gasteiger partial charge in [-0.25, -0.2) is 0 Å². The van der Waals surface area contributed by atoms with Gasteiger partial charge in [0.05, 0.1) is 5.69 Å². The Labute approximate surface area is 120 Å². The first-order valence-corrected chi connectivity index (χ1v) is 6.51. The van der Waals surface area contributed by atoms with E-state index in [0.29, 0.717) is 12.5 Å². The molecular weight excluding hydrogens is 266 g/mol. The van der Waals surface area contributed by atoms with E-state index in [1.165, 1.54) is 0 Å². The molecule has 5 nitrogen and oxygen atoms in total. The summed E-state index contributed by atoms with van der Waals surface area (Å²) >= 11 is 0. The molecule has 19 heavy (non-hydrogen) atoms. The maximum Gasteiger partial charge on any atom is 0.223 e. The van der Waals surface area contributed by atoms with E-state index in [-0.39, 0.29) is 18.3 Å². The molecule has 0 bridgehead atoms. The summed E-state index contributed by atoms with van der Waals surface area (Å²) < 4.78 is 5.11. The summed E-state index contributed by atoms with van der Waals surface area (Å²) in [4.78, 5) is 14.1. The molecule has 108 valence electrons. The van der Waals surface area contributed by atoms with E-state index in [1.807, 2.05) is 18.7 Å². The molecule has 1 aliphatic heterocycles. The minimum absolute atomic E-state index is 0. The summed E-state index contributed by atoms with van der Waals surface area (Å²) in [6.45, 7) is 8.42. The zero-order chi connectivity index (χ0) is 13.1. The maximum absolute atomic E-state index is 12.1. The summed E-state index contributed by atoms with van der Waals surface area (Å²) in [6.07, 6.45) is 1.26. The molecule has 1 N–H and O–H groups in total. The van der Waals surface area contributed by atoms with Crippen LogP contribution >= 0.6 is 12.4 Å². The summed E-state index contributed by atoms with van der Waals surface area (Å²) in [6, 6.07) is 0.391. The molecule has 2 rings (SSSR count). The van der Waals surface area contributed by atoms with Gasteiger partial charge in [-0.1, -0.05) is 5.16 Å². The molecule has 1 aliphatic rings. The molecule has 1 saturated heterocycles. The molecule has 1 aromatic heterocycles. The van der Waals surface area contributed by atoms with Crippen molar-refractivity contribution >= 4 is 18.3 Å². The van der Waals surface area contributed by atoms with Crippen molar-refractivity contribution in [2.45, 2.75) is 39.7 Å². The van der Waals surface area contributed by atoms with Crippen molar-refractivity contribution in [3.05, 3.63) is 17.0 Å². The van der Waals surface area contributed by atoms with E-state index >= 15 is 0 Å². The predicted molar refractivity (Wildman–Crippen MR) is 75.6 cm³/mol. The third-order valence-corrected chi connectivity index (χ3v) is 3.49. The maximum atomic E-state index is 12.1. The standard InChI is InChI=1S/C13H21N3O2.ClH/c1-9-8-16(7-6-14-9)13(17)5-4-12-10(2)15-18-11(12)3;/h9,14H,4-8H2,1-3H3;1H. The Kier molecular flexibility index (Phi) is 5.82. The van der Waals surface area contributed by atoms with Gasteiger partial charge in [-0.2, -0.15) is 0 Å². The second-order valence-corrected chi connectivity index (χ2v) is 5.00. The van der Waals surface area contributed by atoms with Gasteiger partial charge in [-0.05, 0) is 27.2 Å². The highest BCUT2D eigenvalue weighted by Crippen LogP contribution is 2.15. The number of aromatic nitrogens is 1. The van der Waals surface area contributed by atoms with E-state index in [0.717, 1.165) is 43.1 Å². The van der Waals surface area contributed by atoms with Crippen LogP contribution in [0.15, 0.2) is 4.52 Å². The van der Waals surface area contributed by atoms with Gasteiger partial charge >= 0.3 is 0 Å². The second kappa shape index (κ2) is 6.91. The number of carbonyl (C=O) groups excluding carboxylic acids is 1. The average molecular weight is 288 g/mol. The molecular formula is C13H22ClN3O2. The van der Waals surface area contributed by atoms with Crippen LogP contribution in [0, 0.1) is 13.8 Å². The third kappa shape index (κ3) is 3.94. The molecule has 1 amide bonds. The minimum Gasteiger partial charge on any atom is -0.361 e. The van der Waals surface area contributed by atoms with E-state index in [4.69, 9.17) is 4.52 Å². The lowest BCUT2D eigenvalue weighted by molar-refractivity contribution is -0.132. The van der Waals surface area contributed by atoms with Crippen LogP contribution in [0.3, 0.4) is 0 Å². The molecule has 0 radical (unpaired) electrons. The predicted octanol–water partition coefficient (Wildman–Crippen LogP) is 1.47. The molecule has 2 heterocycles. The number of hydrogen-bond donors (Lipinski definition) is 1. The van der Waals surface area contributed by atoms with Crippen molar-refractivity contribution in [3.63, 3.8) is 0 Å². The van der Waals surface area contributed by atoms with Crippen LogP contribution in [0.1, 0.15) is 30.4 Å². The molecule has 1 aromatic rings. The highest BCUT2D eigenvalue weighted by Gasteiger charge is 2.21. The number of aryl methyl sites for hydroxylation is 2. The Bertz CT molecular complexity index is 414. The first-order chi connectivity index (χ1) is 8.58. The number of amides is 1. The van der Waals surface area contributed by atoms with Crippen LogP contribution in [-0.2, 0) is 11.2 Å². The van der Waals surface area contributed by atoms with Gasteiger partial charge in [-0.15, -0.1) is 12.4 Å². The molecule has 1 fully saturated rings. The smallest absolute Gasteiger partial charge is 0.223 e. The van der Waals surface area contributed by atoms with Gasteiger partial charge in [-0.3, -0.25) is 4.79 Å². The Morgan fingerprint density at radius 1 is 1.53 bits per heavy atom. The highest BCUT2D eigenvalue weighted by atomic mass is 35.5. The molecule has 1 unspecified atom stereocenters. The molecule has 0 aromatic carbocycles. The number of nitrogens with one attached hydrogen (secondary N) is 1. The normalized spacial score (nSPS) is 19.1. The lowest BCUT2D eigenvalue weighted by Crippen LogP contribution is -2.51. The van der Waals surface area contributed by atoms with Crippen molar-refractivity contribution in [2.24, 2.45) is 0 Å². The average Bonchev–Trinajstić information content (AvgIpc) is 2.66. The SMILES string of the molecule is Cc1noc(C)c1CCC(=O)N1CCNC(C)C1.Cl. The van der Waals surface area contributed by atoms with Crippen molar-refractivity contribution in [1.82, 2.24) is 15.4 Å². The van der Waals surface area contributed by atoms with Crippen LogP contribution in [0.4, 0.5) is 0 Å². The number of hydrogen-bond acceptors (Lipinski definition) is 4. The minimum atomic E-state index is 0. The number of piperazine rings is 1. The van der Waals surface area contributed by atoms with Gasteiger partial charge in [0.2, 0.25) is 5.91 Å². The summed E-state index contributed by atoms with van der Waals surface area (Å²) in [5, 5.41) is 7.24. The second-order valence-electron chi connectivity index (χ2n) is 5.00. The number of halogens is 1. The van der Waals surface area contributed by atoms with E-state index in [9.17, 15) is 4.79 Å². The largest absolute Gasteiger partial charge is 0.361 e. The fourth-order valence-electron chi connectivity index (χ4n) is 2.41. The van der Waals surface area contributed by atoms with E-state index in [1.54, 1.807) is 0 Å². The van der Waals surface area contributed by atoms with Gasteiger partial charge in [0.15, 0.2) is 0 Å². The molecule has 0 spiro atoms. The Balaban J connectivity index is 0.00000180. The first kappa shape index (κ1) is 16.0. The number of rotatable bonds is 3. The summed E-state index contributed by atoms with van der Waals surface area (Å²) in [7, 11) is 0. The highest BCUT2D eigenvalue weighted by molar-refractivity contribution is 5.85. The number of nitrogens with zero attached hydrogens (tertiary/aromatic N) is 2. The van der Waals surface area contributed by atoms with Crippen LogP contribution < -0.4 is 5.32 Å². The zero-order valence-corrected chi connectivity index (χ0v) is 12.5. The summed E-state index contributed by atoms with van der Waals surface area (Å²) in [5.74, 6) is 1.05.